The van der Waals surface area contributed by atoms with Gasteiger partial charge in [0.1, 0.15) is 0 Å². The molecule has 0 spiro atoms. The quantitative estimate of drug-likeness (QED) is 0.115. The van der Waals surface area contributed by atoms with Crippen molar-refractivity contribution < 1.29 is 0 Å². The van der Waals surface area contributed by atoms with E-state index in [9.17, 15) is 0 Å². The minimum atomic E-state index is 1.02. The second-order valence-corrected chi connectivity index (χ2v) is 16.7. The third-order valence-electron chi connectivity index (χ3n) is 12.8. The van der Waals surface area contributed by atoms with E-state index in [2.05, 4.69) is 237 Å². The summed E-state index contributed by atoms with van der Waals surface area (Å²) in [6, 6.07) is 88.8. The van der Waals surface area contributed by atoms with Crippen LogP contribution in [-0.2, 0) is 0 Å². The molecule has 1 nitrogen and oxygen atoms in total. The van der Waals surface area contributed by atoms with E-state index in [-0.39, 0.29) is 0 Å². The van der Waals surface area contributed by atoms with Crippen molar-refractivity contribution in [3.8, 4) is 77.9 Å². The van der Waals surface area contributed by atoms with Crippen molar-refractivity contribution in [1.82, 2.24) is 4.98 Å². The molecule has 0 saturated heterocycles. The Hall–Kier alpha value is -8.39. The first-order valence-electron chi connectivity index (χ1n) is 22.0. The third kappa shape index (κ3) is 6.63. The van der Waals surface area contributed by atoms with Crippen LogP contribution in [0.3, 0.4) is 0 Å². The lowest BCUT2D eigenvalue weighted by Crippen LogP contribution is -1.94. The van der Waals surface area contributed by atoms with Crippen LogP contribution in [0.5, 0.6) is 0 Å². The number of nitrogens with zero attached hydrogens (tertiary/aromatic N) is 1. The predicted octanol–water partition coefficient (Wildman–Crippen LogP) is 17.4. The van der Waals surface area contributed by atoms with Crippen LogP contribution < -0.4 is 0 Å². The Bertz CT molecular complexity index is 3570. The molecule has 0 aliphatic heterocycles. The molecule has 298 valence electrons. The monoisotopic (exact) mass is 811 g/mol. The highest BCUT2D eigenvalue weighted by atomic mass is 14.6. The normalized spacial score (nSPS) is 11.4. The fourth-order valence-electron chi connectivity index (χ4n) is 9.86. The number of benzene rings is 11. The first-order valence-corrected chi connectivity index (χ1v) is 22.0. The Balaban J connectivity index is 1.21. The van der Waals surface area contributed by atoms with Crippen molar-refractivity contribution in [2.75, 3.05) is 0 Å². The van der Waals surface area contributed by atoms with Crippen molar-refractivity contribution in [1.29, 1.82) is 0 Å². The number of hydrogen-bond donors (Lipinski definition) is 0. The van der Waals surface area contributed by atoms with E-state index in [1.165, 1.54) is 105 Å². The van der Waals surface area contributed by atoms with Gasteiger partial charge in [-0.1, -0.05) is 194 Å². The van der Waals surface area contributed by atoms with Crippen molar-refractivity contribution in [3.05, 3.63) is 249 Å². The molecular weight excluding hydrogens is 771 g/mol. The Morgan fingerprint density at radius 2 is 0.656 bits per heavy atom. The largest absolute Gasteiger partial charge is 0.256 e. The molecule has 0 saturated carbocycles. The van der Waals surface area contributed by atoms with E-state index in [1.807, 2.05) is 12.3 Å². The zero-order chi connectivity index (χ0) is 42.4. The highest BCUT2D eigenvalue weighted by Gasteiger charge is 2.21. The average molecular weight is 812 g/mol. The summed E-state index contributed by atoms with van der Waals surface area (Å²) < 4.78 is 0. The summed E-state index contributed by atoms with van der Waals surface area (Å²) in [5.74, 6) is 0. The zero-order valence-corrected chi connectivity index (χ0v) is 35.1. The number of pyridine rings is 1. The molecule has 0 radical (unpaired) electrons. The van der Waals surface area contributed by atoms with Gasteiger partial charge in [0.2, 0.25) is 0 Å². The molecule has 64 heavy (non-hydrogen) atoms. The van der Waals surface area contributed by atoms with Gasteiger partial charge >= 0.3 is 0 Å². The Morgan fingerprint density at radius 3 is 1.17 bits per heavy atom. The van der Waals surface area contributed by atoms with E-state index < -0.39 is 0 Å². The summed E-state index contributed by atoms with van der Waals surface area (Å²) in [7, 11) is 0. The highest BCUT2D eigenvalue weighted by Crippen LogP contribution is 2.48. The molecule has 0 atom stereocenters. The lowest BCUT2D eigenvalue weighted by Gasteiger charge is -2.21. The van der Waals surface area contributed by atoms with Gasteiger partial charge in [-0.3, -0.25) is 4.98 Å². The van der Waals surface area contributed by atoms with E-state index in [1.54, 1.807) is 0 Å². The summed E-state index contributed by atoms with van der Waals surface area (Å²) >= 11 is 0. The Labute approximate surface area is 373 Å². The van der Waals surface area contributed by atoms with Gasteiger partial charge in [0.25, 0.3) is 0 Å². The van der Waals surface area contributed by atoms with Gasteiger partial charge in [-0.05, 0) is 153 Å². The molecule has 0 bridgehead atoms. The molecule has 11 aromatic carbocycles. The molecule has 0 amide bonds. The van der Waals surface area contributed by atoms with Crippen LogP contribution in [-0.4, -0.2) is 4.98 Å². The molecule has 0 aliphatic rings. The topological polar surface area (TPSA) is 12.9 Å². The zero-order valence-electron chi connectivity index (χ0n) is 35.1. The van der Waals surface area contributed by atoms with E-state index in [4.69, 9.17) is 4.98 Å². The maximum Gasteiger partial charge on any atom is 0.0786 e. The van der Waals surface area contributed by atoms with Gasteiger partial charge in [0.05, 0.1) is 5.52 Å². The van der Waals surface area contributed by atoms with Crippen LogP contribution in [0.2, 0.25) is 0 Å². The molecule has 12 rings (SSSR count). The summed E-state index contributed by atoms with van der Waals surface area (Å²) in [5.41, 5.74) is 17.7. The molecule has 1 aromatic heterocycles. The van der Waals surface area contributed by atoms with Crippen LogP contribution >= 0.6 is 0 Å². The lowest BCUT2D eigenvalue weighted by atomic mass is 9.82. The van der Waals surface area contributed by atoms with Gasteiger partial charge in [-0.15, -0.1) is 0 Å². The van der Waals surface area contributed by atoms with Crippen LogP contribution in [0.4, 0.5) is 0 Å². The summed E-state index contributed by atoms with van der Waals surface area (Å²) in [4.78, 5) is 4.96. The summed E-state index contributed by atoms with van der Waals surface area (Å²) in [5, 5.41) is 8.32. The minimum Gasteiger partial charge on any atom is -0.256 e. The average Bonchev–Trinajstić information content (AvgIpc) is 3.38. The second-order valence-electron chi connectivity index (χ2n) is 16.7. The maximum absolute atomic E-state index is 4.96. The molecule has 0 aliphatic carbocycles. The van der Waals surface area contributed by atoms with E-state index in [0.717, 1.165) is 16.5 Å². The van der Waals surface area contributed by atoms with Crippen molar-refractivity contribution in [2.45, 2.75) is 0 Å². The molecule has 1 heteroatoms. The fourth-order valence-corrected chi connectivity index (χ4v) is 9.86. The van der Waals surface area contributed by atoms with E-state index >= 15 is 0 Å². The number of rotatable bonds is 7. The van der Waals surface area contributed by atoms with Crippen molar-refractivity contribution in [3.63, 3.8) is 0 Å². The second kappa shape index (κ2) is 15.8. The van der Waals surface area contributed by atoms with E-state index in [0.29, 0.717) is 0 Å². The molecule has 1 heterocycles. The van der Waals surface area contributed by atoms with Crippen molar-refractivity contribution in [2.24, 2.45) is 0 Å². The van der Waals surface area contributed by atoms with Gasteiger partial charge < -0.3 is 0 Å². The van der Waals surface area contributed by atoms with Crippen molar-refractivity contribution >= 4 is 43.2 Å². The van der Waals surface area contributed by atoms with Crippen LogP contribution in [0.1, 0.15) is 0 Å². The van der Waals surface area contributed by atoms with Crippen LogP contribution in [0.25, 0.3) is 121 Å². The fraction of sp³-hybridized carbons (Fsp3) is 0. The minimum absolute atomic E-state index is 1.02. The molecule has 0 N–H and O–H groups in total. The van der Waals surface area contributed by atoms with Crippen LogP contribution in [0, 0.1) is 0 Å². The van der Waals surface area contributed by atoms with Gasteiger partial charge in [-0.2, -0.15) is 0 Å². The number of aromatic nitrogens is 1. The Morgan fingerprint density at radius 1 is 0.234 bits per heavy atom. The van der Waals surface area contributed by atoms with Gasteiger partial charge in [0.15, 0.2) is 0 Å². The number of hydrogen-bond acceptors (Lipinski definition) is 1. The first kappa shape index (κ1) is 37.4. The summed E-state index contributed by atoms with van der Waals surface area (Å²) in [6.07, 6.45) is 1.91. The summed E-state index contributed by atoms with van der Waals surface area (Å²) in [6.45, 7) is 0. The molecule has 0 unspecified atom stereocenters. The highest BCUT2D eigenvalue weighted by molar-refractivity contribution is 6.23. The SMILES string of the molecule is c1ccc(-c2cc(-c3ccccc3)cc(-c3c4ccccc4c(-c4cc(-c5ccccc5)cc(-c5ccccc5)c4)c4cc(-c5cccc6ccc7cccnc7c56)ccc34)c2)cc1. The molecule has 0 fully saturated rings. The predicted molar refractivity (Wildman–Crippen MR) is 272 cm³/mol. The van der Waals surface area contributed by atoms with Gasteiger partial charge in [-0.25, -0.2) is 0 Å². The Kier molecular flexibility index (Phi) is 9.24. The van der Waals surface area contributed by atoms with Crippen LogP contribution in [0.15, 0.2) is 249 Å². The molecule has 12 aromatic rings. The molecular formula is C63H41N. The smallest absolute Gasteiger partial charge is 0.0786 e. The first-order chi connectivity index (χ1) is 31.7. The lowest BCUT2D eigenvalue weighted by molar-refractivity contribution is 1.43. The van der Waals surface area contributed by atoms with Gasteiger partial charge in [0, 0.05) is 17.0 Å². The standard InChI is InChI=1S/C63H41N/c1-5-17-42(18-6-1)49-35-50(43-19-7-2-8-20-43)38-53(37-49)60-56-27-13-14-28-57(56)61(54-39-51(44-21-9-3-10-22-44)36-52(40-54)45-23-11-4-12-24-45)59-41-48(32-33-58(59)60)55-29-15-25-46-30-31-47-26-16-34-64-63(47)62(46)55/h1-41H. The third-order valence-corrected chi connectivity index (χ3v) is 12.8. The number of fused-ring (bicyclic) bond motifs is 5. The maximum atomic E-state index is 4.96.